The van der Waals surface area contributed by atoms with Crippen LogP contribution in [0.25, 0.3) is 0 Å². The Bertz CT molecular complexity index is 302. The van der Waals surface area contributed by atoms with Crippen LogP contribution >= 0.6 is 0 Å². The van der Waals surface area contributed by atoms with E-state index in [0.29, 0.717) is 12.8 Å². The number of nitrogens with zero attached hydrogens (tertiary/aromatic N) is 2. The van der Waals surface area contributed by atoms with Crippen LogP contribution in [0.15, 0.2) is 0 Å². The molecule has 1 unspecified atom stereocenters. The molecule has 1 atom stereocenters. The van der Waals surface area contributed by atoms with E-state index in [1.165, 1.54) is 6.42 Å². The minimum Gasteiger partial charge on any atom is -0.342 e. The second kappa shape index (κ2) is 6.02. The van der Waals surface area contributed by atoms with Gasteiger partial charge in [0.1, 0.15) is 0 Å². The van der Waals surface area contributed by atoms with E-state index >= 15 is 0 Å². The zero-order chi connectivity index (χ0) is 12.9. The molecule has 0 aromatic rings. The number of nitriles is 1. The molecular formula is C13H23N3O. The molecule has 0 radical (unpaired) electrons. The minimum atomic E-state index is -0.310. The summed E-state index contributed by atoms with van der Waals surface area (Å²) >= 11 is 0. The molecule has 4 nitrogen and oxygen atoms in total. The molecule has 1 aliphatic carbocycles. The molecule has 2 N–H and O–H groups in total. The highest BCUT2D eigenvalue weighted by molar-refractivity contribution is 5.77. The normalized spacial score (nSPS) is 20.4. The topological polar surface area (TPSA) is 70.1 Å². The molecule has 0 spiro atoms. The first-order valence-electron chi connectivity index (χ1n) is 6.40. The summed E-state index contributed by atoms with van der Waals surface area (Å²) in [6, 6.07) is 2.06. The summed E-state index contributed by atoms with van der Waals surface area (Å²) in [5.74, 6) is 0.0668. The highest BCUT2D eigenvalue weighted by atomic mass is 16.2. The van der Waals surface area contributed by atoms with Crippen LogP contribution in [0.2, 0.25) is 0 Å². The number of amides is 1. The van der Waals surface area contributed by atoms with Crippen molar-refractivity contribution in [3.63, 3.8) is 0 Å². The predicted octanol–water partition coefficient (Wildman–Crippen LogP) is 1.80. The SMILES string of the molecule is CC(CC#N)N(C)C(=O)CC1(N)CCCCC1. The zero-order valence-corrected chi connectivity index (χ0v) is 10.9. The number of hydrogen-bond acceptors (Lipinski definition) is 3. The van der Waals surface area contributed by atoms with Gasteiger partial charge < -0.3 is 10.6 Å². The van der Waals surface area contributed by atoms with Crippen LogP contribution in [0.3, 0.4) is 0 Å². The highest BCUT2D eigenvalue weighted by Crippen LogP contribution is 2.29. The maximum absolute atomic E-state index is 12.1. The van der Waals surface area contributed by atoms with Gasteiger partial charge in [-0.05, 0) is 19.8 Å². The molecule has 1 aliphatic rings. The van der Waals surface area contributed by atoms with Gasteiger partial charge in [-0.15, -0.1) is 0 Å². The summed E-state index contributed by atoms with van der Waals surface area (Å²) in [7, 11) is 1.76. The van der Waals surface area contributed by atoms with Crippen LogP contribution in [0.5, 0.6) is 0 Å². The smallest absolute Gasteiger partial charge is 0.224 e. The molecule has 17 heavy (non-hydrogen) atoms. The summed E-state index contributed by atoms with van der Waals surface area (Å²) in [6.45, 7) is 1.89. The second-order valence-corrected chi connectivity index (χ2v) is 5.32. The van der Waals surface area contributed by atoms with Crippen molar-refractivity contribution in [1.82, 2.24) is 4.90 Å². The van der Waals surface area contributed by atoms with Gasteiger partial charge in [-0.1, -0.05) is 19.3 Å². The van der Waals surface area contributed by atoms with Crippen LogP contribution in [-0.4, -0.2) is 29.4 Å². The highest BCUT2D eigenvalue weighted by Gasteiger charge is 2.31. The Morgan fingerprint density at radius 2 is 2.06 bits per heavy atom. The number of nitrogens with two attached hydrogens (primary N) is 1. The number of carbonyl (C=O) groups excluding carboxylic acids is 1. The minimum absolute atomic E-state index is 0.0281. The second-order valence-electron chi connectivity index (χ2n) is 5.32. The molecule has 1 fully saturated rings. The van der Waals surface area contributed by atoms with E-state index in [0.717, 1.165) is 25.7 Å². The first-order valence-corrected chi connectivity index (χ1v) is 6.40. The van der Waals surface area contributed by atoms with Crippen molar-refractivity contribution in [2.24, 2.45) is 5.73 Å². The van der Waals surface area contributed by atoms with Gasteiger partial charge in [-0.25, -0.2) is 0 Å². The largest absolute Gasteiger partial charge is 0.342 e. The molecule has 0 saturated heterocycles. The third-order valence-corrected chi connectivity index (χ3v) is 3.79. The van der Waals surface area contributed by atoms with E-state index < -0.39 is 0 Å². The fourth-order valence-corrected chi connectivity index (χ4v) is 2.37. The summed E-state index contributed by atoms with van der Waals surface area (Å²) in [4.78, 5) is 13.7. The van der Waals surface area contributed by atoms with E-state index in [2.05, 4.69) is 6.07 Å². The molecule has 1 amide bonds. The summed E-state index contributed by atoms with van der Waals surface area (Å²) in [6.07, 6.45) is 6.16. The molecule has 0 bridgehead atoms. The van der Waals surface area contributed by atoms with Crippen LogP contribution in [0.1, 0.15) is 51.9 Å². The first-order chi connectivity index (χ1) is 7.98. The van der Waals surface area contributed by atoms with E-state index in [9.17, 15) is 4.79 Å². The standard InChI is InChI=1S/C13H23N3O/c1-11(6-9-14)16(2)12(17)10-13(15)7-4-3-5-8-13/h11H,3-8,10,15H2,1-2H3. The van der Waals surface area contributed by atoms with Gasteiger partial charge in [0.25, 0.3) is 0 Å². The van der Waals surface area contributed by atoms with E-state index in [4.69, 9.17) is 11.0 Å². The van der Waals surface area contributed by atoms with E-state index in [-0.39, 0.29) is 17.5 Å². The third kappa shape index (κ3) is 4.01. The summed E-state index contributed by atoms with van der Waals surface area (Å²) < 4.78 is 0. The number of hydrogen-bond donors (Lipinski definition) is 1. The number of rotatable bonds is 4. The average molecular weight is 237 g/mol. The molecule has 4 heteroatoms. The fraction of sp³-hybridized carbons (Fsp3) is 0.846. The maximum atomic E-state index is 12.1. The van der Waals surface area contributed by atoms with Crippen molar-refractivity contribution in [3.8, 4) is 6.07 Å². The molecular weight excluding hydrogens is 214 g/mol. The lowest BCUT2D eigenvalue weighted by molar-refractivity contribution is -0.133. The monoisotopic (exact) mass is 237 g/mol. The Labute approximate surface area is 104 Å². The van der Waals surface area contributed by atoms with Crippen molar-refractivity contribution in [2.45, 2.75) is 63.5 Å². The molecule has 0 aromatic heterocycles. The fourth-order valence-electron chi connectivity index (χ4n) is 2.37. The summed E-state index contributed by atoms with van der Waals surface area (Å²) in [5.41, 5.74) is 5.95. The van der Waals surface area contributed by atoms with Crippen molar-refractivity contribution in [3.05, 3.63) is 0 Å². The Morgan fingerprint density at radius 1 is 1.47 bits per heavy atom. The van der Waals surface area contributed by atoms with Crippen LogP contribution in [-0.2, 0) is 4.79 Å². The van der Waals surface area contributed by atoms with Crippen molar-refractivity contribution in [2.75, 3.05) is 7.05 Å². The zero-order valence-electron chi connectivity index (χ0n) is 10.9. The Hall–Kier alpha value is -1.08. The van der Waals surface area contributed by atoms with Gasteiger partial charge in [0, 0.05) is 25.0 Å². The van der Waals surface area contributed by atoms with Crippen LogP contribution in [0.4, 0.5) is 0 Å². The maximum Gasteiger partial charge on any atom is 0.224 e. The van der Waals surface area contributed by atoms with Crippen molar-refractivity contribution < 1.29 is 4.79 Å². The average Bonchev–Trinajstić information content (AvgIpc) is 2.28. The Balaban J connectivity index is 2.50. The lowest BCUT2D eigenvalue weighted by Crippen LogP contribution is -2.47. The van der Waals surface area contributed by atoms with Gasteiger partial charge >= 0.3 is 0 Å². The van der Waals surface area contributed by atoms with E-state index in [1.54, 1.807) is 11.9 Å². The van der Waals surface area contributed by atoms with Gasteiger partial charge in [0.2, 0.25) is 5.91 Å². The quantitative estimate of drug-likeness (QED) is 0.810. The van der Waals surface area contributed by atoms with E-state index in [1.807, 2.05) is 6.92 Å². The van der Waals surface area contributed by atoms with Gasteiger partial charge in [-0.2, -0.15) is 5.26 Å². The lowest BCUT2D eigenvalue weighted by atomic mass is 9.80. The van der Waals surface area contributed by atoms with Gasteiger partial charge in [-0.3, -0.25) is 4.79 Å². The van der Waals surface area contributed by atoms with Gasteiger partial charge in [0.05, 0.1) is 12.5 Å². The van der Waals surface area contributed by atoms with Crippen LogP contribution < -0.4 is 5.73 Å². The third-order valence-electron chi connectivity index (χ3n) is 3.79. The molecule has 96 valence electrons. The molecule has 0 heterocycles. The first kappa shape index (κ1) is 14.0. The van der Waals surface area contributed by atoms with Crippen LogP contribution in [0, 0.1) is 11.3 Å². The summed E-state index contributed by atoms with van der Waals surface area (Å²) in [5, 5.41) is 8.63. The molecule has 0 aromatic carbocycles. The predicted molar refractivity (Wildman–Crippen MR) is 67.1 cm³/mol. The lowest BCUT2D eigenvalue weighted by Gasteiger charge is -2.35. The van der Waals surface area contributed by atoms with Gasteiger partial charge in [0.15, 0.2) is 0 Å². The number of carbonyl (C=O) groups is 1. The molecule has 0 aliphatic heterocycles. The molecule has 1 saturated carbocycles. The van der Waals surface area contributed by atoms with Crippen molar-refractivity contribution in [1.29, 1.82) is 5.26 Å². The van der Waals surface area contributed by atoms with Crippen molar-refractivity contribution >= 4 is 5.91 Å². The molecule has 1 rings (SSSR count). The Morgan fingerprint density at radius 3 is 2.59 bits per heavy atom. The Kier molecular flexibility index (Phi) is 4.95.